The highest BCUT2D eigenvalue weighted by atomic mass is 32.2. The first kappa shape index (κ1) is 17.7. The maximum absolute atomic E-state index is 12.5. The van der Waals surface area contributed by atoms with E-state index in [-0.39, 0.29) is 10.8 Å². The Balaban J connectivity index is 3.14. The van der Waals surface area contributed by atoms with Crippen molar-refractivity contribution in [2.75, 3.05) is 7.11 Å². The lowest BCUT2D eigenvalue weighted by Gasteiger charge is -2.22. The van der Waals surface area contributed by atoms with Gasteiger partial charge >= 0.3 is 5.97 Å². The van der Waals surface area contributed by atoms with E-state index in [0.29, 0.717) is 12.0 Å². The monoisotopic (exact) mass is 313 g/mol. The highest BCUT2D eigenvalue weighted by Gasteiger charge is 2.30. The van der Waals surface area contributed by atoms with E-state index in [9.17, 15) is 13.2 Å². The maximum atomic E-state index is 12.5. The normalized spacial score (nSPS) is 14.5. The zero-order valence-electron chi connectivity index (χ0n) is 13.1. The molecule has 0 unspecified atom stereocenters. The van der Waals surface area contributed by atoms with E-state index in [4.69, 9.17) is 4.74 Å². The maximum Gasteiger partial charge on any atom is 0.324 e. The smallest absolute Gasteiger partial charge is 0.324 e. The Kier molecular flexibility index (Phi) is 5.92. The van der Waals surface area contributed by atoms with Crippen molar-refractivity contribution < 1.29 is 17.9 Å². The van der Waals surface area contributed by atoms with Crippen LogP contribution in [0.25, 0.3) is 0 Å². The molecule has 6 heteroatoms. The molecule has 0 aliphatic heterocycles. The minimum atomic E-state index is -3.77. The molecular weight excluding hydrogens is 290 g/mol. The molecule has 0 amide bonds. The summed E-state index contributed by atoms with van der Waals surface area (Å²) in [6.45, 7) is 7.34. The largest absolute Gasteiger partial charge is 0.468 e. The number of sulfonamides is 1. The number of rotatable bonds is 6. The first-order valence-electron chi connectivity index (χ1n) is 6.90. The third-order valence-electron chi connectivity index (χ3n) is 3.57. The molecule has 118 valence electrons. The van der Waals surface area contributed by atoms with Crippen LogP contribution in [-0.4, -0.2) is 27.5 Å². The Morgan fingerprint density at radius 2 is 1.95 bits per heavy atom. The fraction of sp³-hybridized carbons (Fsp3) is 0.533. The van der Waals surface area contributed by atoms with Crippen molar-refractivity contribution in [2.24, 2.45) is 5.92 Å². The second-order valence-corrected chi connectivity index (χ2v) is 6.96. The number of hydrogen-bond donors (Lipinski definition) is 1. The van der Waals surface area contributed by atoms with E-state index in [1.165, 1.54) is 7.11 Å². The van der Waals surface area contributed by atoms with Crippen LogP contribution in [0.1, 0.15) is 31.4 Å². The predicted molar refractivity (Wildman–Crippen MR) is 81.5 cm³/mol. The summed E-state index contributed by atoms with van der Waals surface area (Å²) in [6, 6.07) is 4.20. The van der Waals surface area contributed by atoms with Crippen LogP contribution in [-0.2, 0) is 19.6 Å². The fourth-order valence-electron chi connectivity index (χ4n) is 2.09. The molecule has 0 heterocycles. The molecule has 1 rings (SSSR count). The van der Waals surface area contributed by atoms with Gasteiger partial charge in [0.05, 0.1) is 12.0 Å². The summed E-state index contributed by atoms with van der Waals surface area (Å²) < 4.78 is 32.2. The second kappa shape index (κ2) is 7.04. The summed E-state index contributed by atoms with van der Waals surface area (Å²) in [6.07, 6.45) is 0.662. The van der Waals surface area contributed by atoms with E-state index >= 15 is 0 Å². The SMILES string of the molecule is CC[C@@H](C)[C@@H](NS(=O)(=O)c1ccc(C)cc1C)C(=O)OC. The van der Waals surface area contributed by atoms with Gasteiger partial charge in [-0.2, -0.15) is 4.72 Å². The molecule has 0 saturated carbocycles. The second-order valence-electron chi connectivity index (χ2n) is 5.28. The van der Waals surface area contributed by atoms with Gasteiger partial charge in [-0.1, -0.05) is 38.0 Å². The van der Waals surface area contributed by atoms with Crippen LogP contribution in [0.3, 0.4) is 0 Å². The third-order valence-corrected chi connectivity index (χ3v) is 5.17. The number of esters is 1. The molecule has 0 spiro atoms. The molecule has 0 radical (unpaired) electrons. The van der Waals surface area contributed by atoms with Crippen LogP contribution in [0.5, 0.6) is 0 Å². The average Bonchev–Trinajstić information content (AvgIpc) is 2.42. The van der Waals surface area contributed by atoms with Crippen molar-refractivity contribution in [3.8, 4) is 0 Å². The Hall–Kier alpha value is -1.40. The topological polar surface area (TPSA) is 72.5 Å². The van der Waals surface area contributed by atoms with Crippen molar-refractivity contribution in [3.63, 3.8) is 0 Å². The van der Waals surface area contributed by atoms with E-state index in [1.54, 1.807) is 25.1 Å². The van der Waals surface area contributed by atoms with Gasteiger partial charge in [-0.15, -0.1) is 0 Å². The van der Waals surface area contributed by atoms with Gasteiger partial charge in [-0.3, -0.25) is 4.79 Å². The zero-order chi connectivity index (χ0) is 16.2. The lowest BCUT2D eigenvalue weighted by atomic mass is 10.0. The van der Waals surface area contributed by atoms with Crippen LogP contribution in [0.15, 0.2) is 23.1 Å². The molecule has 0 aromatic heterocycles. The lowest BCUT2D eigenvalue weighted by molar-refractivity contribution is -0.143. The van der Waals surface area contributed by atoms with E-state index in [0.717, 1.165) is 5.56 Å². The van der Waals surface area contributed by atoms with Gasteiger partial charge in [0.25, 0.3) is 0 Å². The molecule has 0 saturated heterocycles. The fourth-order valence-corrected chi connectivity index (χ4v) is 3.61. The minimum absolute atomic E-state index is 0.155. The highest BCUT2D eigenvalue weighted by molar-refractivity contribution is 7.89. The molecule has 1 aromatic rings. The van der Waals surface area contributed by atoms with Crippen molar-refractivity contribution in [2.45, 2.75) is 45.1 Å². The molecule has 0 fully saturated rings. The average molecular weight is 313 g/mol. The Morgan fingerprint density at radius 1 is 1.33 bits per heavy atom. The van der Waals surface area contributed by atoms with Gasteiger partial charge in [-0.05, 0) is 31.4 Å². The number of carbonyl (C=O) groups is 1. The molecule has 21 heavy (non-hydrogen) atoms. The zero-order valence-corrected chi connectivity index (χ0v) is 14.0. The molecule has 0 aliphatic carbocycles. The van der Waals surface area contributed by atoms with Crippen molar-refractivity contribution in [1.82, 2.24) is 4.72 Å². The highest BCUT2D eigenvalue weighted by Crippen LogP contribution is 2.19. The van der Waals surface area contributed by atoms with Crippen molar-refractivity contribution in [3.05, 3.63) is 29.3 Å². The number of aryl methyl sites for hydroxylation is 2. The van der Waals surface area contributed by atoms with Gasteiger partial charge in [0, 0.05) is 0 Å². The number of methoxy groups -OCH3 is 1. The van der Waals surface area contributed by atoms with Gasteiger partial charge in [0.1, 0.15) is 6.04 Å². The van der Waals surface area contributed by atoms with Crippen LogP contribution in [0.2, 0.25) is 0 Å². The van der Waals surface area contributed by atoms with Crippen LogP contribution < -0.4 is 4.72 Å². The Labute approximate surface area is 126 Å². The summed E-state index contributed by atoms with van der Waals surface area (Å²) in [5, 5.41) is 0. The summed E-state index contributed by atoms with van der Waals surface area (Å²) in [7, 11) is -2.51. The van der Waals surface area contributed by atoms with Crippen molar-refractivity contribution in [1.29, 1.82) is 0 Å². The molecule has 5 nitrogen and oxygen atoms in total. The number of benzene rings is 1. The van der Waals surface area contributed by atoms with Crippen LogP contribution in [0.4, 0.5) is 0 Å². The molecular formula is C15H23NO4S. The van der Waals surface area contributed by atoms with Gasteiger partial charge in [0.15, 0.2) is 0 Å². The molecule has 1 N–H and O–H groups in total. The lowest BCUT2D eigenvalue weighted by Crippen LogP contribution is -2.45. The standard InChI is InChI=1S/C15H23NO4S/c1-6-11(3)14(15(17)20-5)16-21(18,19)13-8-7-10(2)9-12(13)4/h7-9,11,14,16H,6H2,1-5H3/t11-,14-/m1/s1. The Morgan fingerprint density at radius 3 is 2.43 bits per heavy atom. The van der Waals surface area contributed by atoms with Gasteiger partial charge < -0.3 is 4.74 Å². The van der Waals surface area contributed by atoms with Gasteiger partial charge in [-0.25, -0.2) is 8.42 Å². The number of ether oxygens (including phenoxy) is 1. The summed E-state index contributed by atoms with van der Waals surface area (Å²) in [4.78, 5) is 12.0. The van der Waals surface area contributed by atoms with Crippen LogP contribution in [0, 0.1) is 19.8 Å². The molecule has 0 bridgehead atoms. The first-order chi connectivity index (χ1) is 9.72. The molecule has 0 aliphatic rings. The summed E-state index contributed by atoms with van der Waals surface area (Å²) in [5.74, 6) is -0.726. The number of nitrogens with one attached hydrogen (secondary N) is 1. The van der Waals surface area contributed by atoms with E-state index < -0.39 is 22.0 Å². The number of carbonyl (C=O) groups excluding carboxylic acids is 1. The summed E-state index contributed by atoms with van der Waals surface area (Å²) in [5.41, 5.74) is 1.63. The minimum Gasteiger partial charge on any atom is -0.468 e. The summed E-state index contributed by atoms with van der Waals surface area (Å²) >= 11 is 0. The predicted octanol–water partition coefficient (Wildman–Crippen LogP) is 2.17. The molecule has 2 atom stereocenters. The van der Waals surface area contributed by atoms with Crippen LogP contribution >= 0.6 is 0 Å². The number of hydrogen-bond acceptors (Lipinski definition) is 4. The van der Waals surface area contributed by atoms with Crippen molar-refractivity contribution >= 4 is 16.0 Å². The van der Waals surface area contributed by atoms with E-state index in [2.05, 4.69) is 4.72 Å². The Bertz CT molecular complexity index is 610. The first-order valence-corrected chi connectivity index (χ1v) is 8.38. The molecule has 1 aromatic carbocycles. The quantitative estimate of drug-likeness (QED) is 0.817. The van der Waals surface area contributed by atoms with Gasteiger partial charge in [0.2, 0.25) is 10.0 Å². The van der Waals surface area contributed by atoms with E-state index in [1.807, 2.05) is 20.8 Å². The third kappa shape index (κ3) is 4.28.